The van der Waals surface area contributed by atoms with Gasteiger partial charge in [-0.05, 0) is 38.5 Å². The van der Waals surface area contributed by atoms with Crippen molar-refractivity contribution in [2.45, 2.75) is 32.9 Å². The normalized spacial score (nSPS) is 14.0. The standard InChI is InChI=1S/C15H18N2O4/c1-15(2,3)16-13(20)9-4-5-10-7-17(8-12(18)19)14(21)11(10)6-9/h4-6H,7-8H2,1-3H3,(H,16,20)(H,18,19). The fraction of sp³-hybridized carbons (Fsp3) is 0.400. The molecule has 1 aliphatic heterocycles. The van der Waals surface area contributed by atoms with Gasteiger partial charge in [-0.15, -0.1) is 0 Å². The number of nitrogens with one attached hydrogen (secondary N) is 1. The van der Waals surface area contributed by atoms with Gasteiger partial charge in [0.25, 0.3) is 11.8 Å². The molecule has 0 radical (unpaired) electrons. The fourth-order valence-corrected chi connectivity index (χ4v) is 2.21. The Morgan fingerprint density at radius 1 is 1.33 bits per heavy atom. The average Bonchev–Trinajstić information content (AvgIpc) is 2.63. The smallest absolute Gasteiger partial charge is 0.323 e. The van der Waals surface area contributed by atoms with Crippen LogP contribution in [0.2, 0.25) is 0 Å². The molecule has 2 rings (SSSR count). The van der Waals surface area contributed by atoms with Gasteiger partial charge in [0.05, 0.1) is 0 Å². The first kappa shape index (κ1) is 15.0. The van der Waals surface area contributed by atoms with Crippen LogP contribution in [0.25, 0.3) is 0 Å². The monoisotopic (exact) mass is 290 g/mol. The van der Waals surface area contributed by atoms with E-state index in [1.807, 2.05) is 20.8 Å². The molecule has 0 atom stereocenters. The highest BCUT2D eigenvalue weighted by Gasteiger charge is 2.29. The Morgan fingerprint density at radius 3 is 2.57 bits per heavy atom. The summed E-state index contributed by atoms with van der Waals surface area (Å²) in [5.74, 6) is -1.66. The zero-order valence-corrected chi connectivity index (χ0v) is 12.3. The number of carboxylic acids is 1. The minimum Gasteiger partial charge on any atom is -0.480 e. The predicted octanol–water partition coefficient (Wildman–Crippen LogP) is 1.26. The van der Waals surface area contributed by atoms with Crippen LogP contribution in [-0.4, -0.2) is 39.9 Å². The molecule has 0 aliphatic carbocycles. The third-order valence-electron chi connectivity index (χ3n) is 3.07. The van der Waals surface area contributed by atoms with E-state index < -0.39 is 5.97 Å². The van der Waals surface area contributed by atoms with Gasteiger partial charge in [-0.25, -0.2) is 0 Å². The topological polar surface area (TPSA) is 86.7 Å². The van der Waals surface area contributed by atoms with Gasteiger partial charge in [-0.2, -0.15) is 0 Å². The van der Waals surface area contributed by atoms with Crippen LogP contribution in [0.15, 0.2) is 18.2 Å². The second-order valence-electron chi connectivity index (χ2n) is 6.13. The molecule has 0 bridgehead atoms. The summed E-state index contributed by atoms with van der Waals surface area (Å²) in [4.78, 5) is 36.2. The van der Waals surface area contributed by atoms with Crippen LogP contribution in [0.1, 0.15) is 47.1 Å². The molecule has 2 N–H and O–H groups in total. The van der Waals surface area contributed by atoms with E-state index >= 15 is 0 Å². The first-order valence-corrected chi connectivity index (χ1v) is 6.64. The molecule has 0 saturated heterocycles. The molecular weight excluding hydrogens is 272 g/mol. The van der Waals surface area contributed by atoms with Gasteiger partial charge < -0.3 is 15.3 Å². The average molecular weight is 290 g/mol. The highest BCUT2D eigenvalue weighted by Crippen LogP contribution is 2.23. The molecule has 0 spiro atoms. The minimum absolute atomic E-state index is 0.255. The number of benzene rings is 1. The lowest BCUT2D eigenvalue weighted by Crippen LogP contribution is -2.40. The van der Waals surface area contributed by atoms with Crippen molar-refractivity contribution in [1.29, 1.82) is 0 Å². The Kier molecular flexibility index (Phi) is 3.72. The van der Waals surface area contributed by atoms with E-state index in [1.165, 1.54) is 11.0 Å². The Bertz CT molecular complexity index is 617. The maximum absolute atomic E-state index is 12.1. The summed E-state index contributed by atoms with van der Waals surface area (Å²) in [5, 5.41) is 11.6. The largest absolute Gasteiger partial charge is 0.480 e. The lowest BCUT2D eigenvalue weighted by molar-refractivity contribution is -0.137. The molecule has 0 aromatic heterocycles. The highest BCUT2D eigenvalue weighted by atomic mass is 16.4. The molecule has 112 valence electrons. The summed E-state index contributed by atoms with van der Waals surface area (Å²) in [6.45, 7) is 5.55. The number of carbonyl (C=O) groups is 3. The van der Waals surface area contributed by atoms with E-state index in [4.69, 9.17) is 5.11 Å². The molecule has 21 heavy (non-hydrogen) atoms. The maximum atomic E-state index is 12.1. The first-order chi connectivity index (χ1) is 9.67. The summed E-state index contributed by atoms with van der Waals surface area (Å²) >= 11 is 0. The minimum atomic E-state index is -1.05. The van der Waals surface area contributed by atoms with Crippen molar-refractivity contribution in [3.8, 4) is 0 Å². The van der Waals surface area contributed by atoms with Gasteiger partial charge in [0.15, 0.2) is 0 Å². The van der Waals surface area contributed by atoms with E-state index in [0.717, 1.165) is 5.56 Å². The third kappa shape index (κ3) is 3.39. The molecule has 0 saturated carbocycles. The number of fused-ring (bicyclic) bond motifs is 1. The summed E-state index contributed by atoms with van der Waals surface area (Å²) in [5.41, 5.74) is 1.18. The van der Waals surface area contributed by atoms with Crippen LogP contribution >= 0.6 is 0 Å². The Labute approximate surface area is 122 Å². The molecule has 1 aromatic carbocycles. The van der Waals surface area contributed by atoms with E-state index in [0.29, 0.717) is 11.1 Å². The quantitative estimate of drug-likeness (QED) is 0.877. The van der Waals surface area contributed by atoms with Gasteiger partial charge in [-0.3, -0.25) is 14.4 Å². The predicted molar refractivity (Wildman–Crippen MR) is 76.0 cm³/mol. The van der Waals surface area contributed by atoms with Gasteiger partial charge in [0.1, 0.15) is 6.54 Å². The second kappa shape index (κ2) is 5.20. The SMILES string of the molecule is CC(C)(C)NC(=O)c1ccc2c(c1)C(=O)N(CC(=O)O)C2. The Balaban J connectivity index is 2.23. The van der Waals surface area contributed by atoms with E-state index in [2.05, 4.69) is 5.32 Å². The Morgan fingerprint density at radius 2 is 2.00 bits per heavy atom. The number of amides is 2. The molecule has 0 unspecified atom stereocenters. The van der Waals surface area contributed by atoms with Crippen LogP contribution in [0.3, 0.4) is 0 Å². The van der Waals surface area contributed by atoms with Gasteiger partial charge in [0, 0.05) is 23.2 Å². The number of carboxylic acid groups (broad SMARTS) is 1. The summed E-state index contributed by atoms with van der Waals surface area (Å²) in [6.07, 6.45) is 0. The molecule has 2 amide bonds. The lowest BCUT2D eigenvalue weighted by Gasteiger charge is -2.20. The maximum Gasteiger partial charge on any atom is 0.323 e. The van der Waals surface area contributed by atoms with E-state index in [1.54, 1.807) is 12.1 Å². The molecule has 1 aromatic rings. The highest BCUT2D eigenvalue weighted by molar-refractivity contribution is 6.03. The van der Waals surface area contributed by atoms with Gasteiger partial charge in [0.2, 0.25) is 0 Å². The van der Waals surface area contributed by atoms with Crippen molar-refractivity contribution < 1.29 is 19.5 Å². The molecule has 6 heteroatoms. The molecule has 1 heterocycles. The zero-order valence-electron chi connectivity index (χ0n) is 12.3. The van der Waals surface area contributed by atoms with Crippen LogP contribution in [-0.2, 0) is 11.3 Å². The zero-order chi connectivity index (χ0) is 15.8. The van der Waals surface area contributed by atoms with Crippen molar-refractivity contribution in [2.75, 3.05) is 6.54 Å². The van der Waals surface area contributed by atoms with Crippen molar-refractivity contribution >= 4 is 17.8 Å². The second-order valence-corrected chi connectivity index (χ2v) is 6.13. The first-order valence-electron chi connectivity index (χ1n) is 6.64. The Hall–Kier alpha value is -2.37. The molecule has 0 fully saturated rings. The summed E-state index contributed by atoms with van der Waals surface area (Å²) < 4.78 is 0. The van der Waals surface area contributed by atoms with E-state index in [9.17, 15) is 14.4 Å². The number of nitrogens with zero attached hydrogens (tertiary/aromatic N) is 1. The van der Waals surface area contributed by atoms with Gasteiger partial charge in [-0.1, -0.05) is 6.07 Å². The summed E-state index contributed by atoms with van der Waals surface area (Å²) in [6, 6.07) is 4.88. The van der Waals surface area contributed by atoms with Crippen molar-refractivity contribution in [3.63, 3.8) is 0 Å². The van der Waals surface area contributed by atoms with Crippen LogP contribution < -0.4 is 5.32 Å². The van der Waals surface area contributed by atoms with Crippen molar-refractivity contribution in [1.82, 2.24) is 10.2 Å². The number of hydrogen-bond donors (Lipinski definition) is 2. The van der Waals surface area contributed by atoms with Crippen molar-refractivity contribution in [3.05, 3.63) is 34.9 Å². The number of carbonyl (C=O) groups excluding carboxylic acids is 2. The lowest BCUT2D eigenvalue weighted by atomic mass is 10.0. The number of aliphatic carboxylic acids is 1. The van der Waals surface area contributed by atoms with Gasteiger partial charge >= 0.3 is 5.97 Å². The van der Waals surface area contributed by atoms with Crippen molar-refractivity contribution in [2.24, 2.45) is 0 Å². The van der Waals surface area contributed by atoms with Crippen LogP contribution in [0.5, 0.6) is 0 Å². The summed E-state index contributed by atoms with van der Waals surface area (Å²) in [7, 11) is 0. The van der Waals surface area contributed by atoms with Crippen LogP contribution in [0.4, 0.5) is 0 Å². The number of rotatable bonds is 3. The fourth-order valence-electron chi connectivity index (χ4n) is 2.21. The molecular formula is C15H18N2O4. The number of hydrogen-bond acceptors (Lipinski definition) is 3. The van der Waals surface area contributed by atoms with Crippen LogP contribution in [0, 0.1) is 0 Å². The van der Waals surface area contributed by atoms with E-state index in [-0.39, 0.29) is 30.4 Å². The third-order valence-corrected chi connectivity index (χ3v) is 3.07. The molecule has 1 aliphatic rings. The molecule has 6 nitrogen and oxygen atoms in total.